The molecule has 0 amide bonds. The van der Waals surface area contributed by atoms with Gasteiger partial charge >= 0.3 is 0 Å². The quantitative estimate of drug-likeness (QED) is 0.778. The molecule has 0 atom stereocenters. The smallest absolute Gasteiger partial charge is 0.117 e. The maximum Gasteiger partial charge on any atom is 0.117 e. The Hall–Kier alpha value is -0.800. The Morgan fingerprint density at radius 3 is 2.67 bits per heavy atom. The summed E-state index contributed by atoms with van der Waals surface area (Å²) < 4.78 is 5.26. The van der Waals surface area contributed by atoms with Gasteiger partial charge in [0.1, 0.15) is 5.76 Å². The van der Waals surface area contributed by atoms with E-state index in [2.05, 4.69) is 38.2 Å². The summed E-state index contributed by atoms with van der Waals surface area (Å²) in [5.74, 6) is 0.996. The lowest BCUT2D eigenvalue weighted by molar-refractivity contribution is 0.230. The summed E-state index contributed by atoms with van der Waals surface area (Å²) in [4.78, 5) is 2.22. The van der Waals surface area contributed by atoms with E-state index in [1.54, 1.807) is 6.26 Å². The highest BCUT2D eigenvalue weighted by Gasteiger charge is 2.18. The number of hydrogen-bond acceptors (Lipinski definition) is 3. The Balaban J connectivity index is 2.24. The Morgan fingerprint density at radius 2 is 2.13 bits per heavy atom. The van der Waals surface area contributed by atoms with Gasteiger partial charge in [-0.3, -0.25) is 0 Å². The summed E-state index contributed by atoms with van der Waals surface area (Å²) in [6, 6.07) is 3.91. The second-order valence-corrected chi connectivity index (χ2v) is 5.08. The van der Waals surface area contributed by atoms with Crippen LogP contribution < -0.4 is 5.32 Å². The first-order valence-electron chi connectivity index (χ1n) is 5.37. The lowest BCUT2D eigenvalue weighted by Gasteiger charge is -2.28. The van der Waals surface area contributed by atoms with Gasteiger partial charge in [-0.15, -0.1) is 0 Å². The van der Waals surface area contributed by atoms with Crippen molar-refractivity contribution in [1.82, 2.24) is 10.2 Å². The minimum atomic E-state index is 0.288. The lowest BCUT2D eigenvalue weighted by atomic mass is 9.93. The van der Waals surface area contributed by atoms with Crippen LogP contribution >= 0.6 is 0 Å². The average Bonchev–Trinajstić information content (AvgIpc) is 2.53. The Morgan fingerprint density at radius 1 is 1.40 bits per heavy atom. The monoisotopic (exact) mass is 210 g/mol. The van der Waals surface area contributed by atoms with Gasteiger partial charge in [-0.05, 0) is 31.6 Å². The molecule has 0 fully saturated rings. The van der Waals surface area contributed by atoms with Gasteiger partial charge in [0, 0.05) is 13.1 Å². The third kappa shape index (κ3) is 5.00. The van der Waals surface area contributed by atoms with Crippen LogP contribution in [0.4, 0.5) is 0 Å². The Labute approximate surface area is 92.5 Å². The van der Waals surface area contributed by atoms with Crippen LogP contribution in [0.2, 0.25) is 0 Å². The molecule has 0 unspecified atom stereocenters. The van der Waals surface area contributed by atoms with E-state index in [1.807, 2.05) is 12.1 Å². The van der Waals surface area contributed by atoms with Gasteiger partial charge in [-0.1, -0.05) is 13.8 Å². The molecule has 0 saturated carbocycles. The molecule has 1 aromatic heterocycles. The third-order valence-corrected chi connectivity index (χ3v) is 2.23. The molecule has 86 valence electrons. The number of furan rings is 1. The third-order valence-electron chi connectivity index (χ3n) is 2.23. The molecule has 0 bridgehead atoms. The molecular formula is C12H22N2O. The molecule has 0 aliphatic rings. The fourth-order valence-electron chi connectivity index (χ4n) is 1.85. The maximum absolute atomic E-state index is 5.26. The first-order chi connectivity index (χ1) is 6.99. The summed E-state index contributed by atoms with van der Waals surface area (Å²) >= 11 is 0. The van der Waals surface area contributed by atoms with E-state index in [-0.39, 0.29) is 5.41 Å². The van der Waals surface area contributed by atoms with Crippen LogP contribution in [0.1, 0.15) is 19.6 Å². The van der Waals surface area contributed by atoms with E-state index in [0.717, 1.165) is 25.4 Å². The zero-order chi connectivity index (χ0) is 11.3. The molecule has 0 radical (unpaired) electrons. The normalized spacial score (nSPS) is 12.3. The fourth-order valence-corrected chi connectivity index (χ4v) is 1.85. The largest absolute Gasteiger partial charge is 0.468 e. The van der Waals surface area contributed by atoms with Gasteiger partial charge in [0.05, 0.1) is 12.8 Å². The summed E-state index contributed by atoms with van der Waals surface area (Å²) in [6.45, 7) is 7.41. The molecule has 0 spiro atoms. The molecule has 0 saturated heterocycles. The highest BCUT2D eigenvalue weighted by molar-refractivity contribution is 4.97. The molecule has 1 aromatic rings. The van der Waals surface area contributed by atoms with Gasteiger partial charge in [0.2, 0.25) is 0 Å². The predicted molar refractivity (Wildman–Crippen MR) is 62.7 cm³/mol. The van der Waals surface area contributed by atoms with E-state index in [0.29, 0.717) is 0 Å². The van der Waals surface area contributed by atoms with E-state index < -0.39 is 0 Å². The van der Waals surface area contributed by atoms with E-state index in [1.165, 1.54) is 0 Å². The molecule has 0 aliphatic carbocycles. The molecule has 3 heteroatoms. The van der Waals surface area contributed by atoms with Crippen LogP contribution in [0.5, 0.6) is 0 Å². The molecule has 0 aliphatic heterocycles. The molecule has 15 heavy (non-hydrogen) atoms. The van der Waals surface area contributed by atoms with Crippen molar-refractivity contribution in [3.63, 3.8) is 0 Å². The van der Waals surface area contributed by atoms with Crippen LogP contribution in [0.25, 0.3) is 0 Å². The average molecular weight is 210 g/mol. The van der Waals surface area contributed by atoms with Crippen molar-refractivity contribution in [3.05, 3.63) is 24.2 Å². The van der Waals surface area contributed by atoms with Crippen molar-refractivity contribution in [1.29, 1.82) is 0 Å². The SMILES string of the molecule is CN(C)CC(C)(C)CNCc1ccco1. The molecule has 0 aromatic carbocycles. The number of rotatable bonds is 6. The molecule has 3 nitrogen and oxygen atoms in total. The predicted octanol–water partition coefficient (Wildman–Crippen LogP) is 1.96. The Bertz CT molecular complexity index is 265. The number of nitrogens with one attached hydrogen (secondary N) is 1. The topological polar surface area (TPSA) is 28.4 Å². The van der Waals surface area contributed by atoms with Gasteiger partial charge < -0.3 is 14.6 Å². The fraction of sp³-hybridized carbons (Fsp3) is 0.667. The standard InChI is InChI=1S/C12H22N2O/c1-12(2,10-14(3)4)9-13-8-11-6-5-7-15-11/h5-7,13H,8-10H2,1-4H3. The highest BCUT2D eigenvalue weighted by Crippen LogP contribution is 2.14. The van der Waals surface area contributed by atoms with Crippen LogP contribution in [0, 0.1) is 5.41 Å². The van der Waals surface area contributed by atoms with Gasteiger partial charge in [-0.2, -0.15) is 0 Å². The van der Waals surface area contributed by atoms with Crippen LogP contribution in [0.15, 0.2) is 22.8 Å². The van der Waals surface area contributed by atoms with Crippen molar-refractivity contribution < 1.29 is 4.42 Å². The number of hydrogen-bond donors (Lipinski definition) is 1. The summed E-state index contributed by atoms with van der Waals surface area (Å²) in [5.41, 5.74) is 0.288. The van der Waals surface area contributed by atoms with Crippen molar-refractivity contribution in [2.45, 2.75) is 20.4 Å². The van der Waals surface area contributed by atoms with Crippen molar-refractivity contribution in [2.24, 2.45) is 5.41 Å². The van der Waals surface area contributed by atoms with Gasteiger partial charge in [0.15, 0.2) is 0 Å². The summed E-state index contributed by atoms with van der Waals surface area (Å²) in [7, 11) is 4.21. The van der Waals surface area contributed by atoms with Crippen LogP contribution in [0.3, 0.4) is 0 Å². The zero-order valence-electron chi connectivity index (χ0n) is 10.2. The van der Waals surface area contributed by atoms with Crippen molar-refractivity contribution >= 4 is 0 Å². The van der Waals surface area contributed by atoms with E-state index in [9.17, 15) is 0 Å². The van der Waals surface area contributed by atoms with Crippen molar-refractivity contribution in [2.75, 3.05) is 27.2 Å². The lowest BCUT2D eigenvalue weighted by Crippen LogP contribution is -2.37. The Kier molecular flexibility index (Phi) is 4.36. The first-order valence-corrected chi connectivity index (χ1v) is 5.37. The minimum Gasteiger partial charge on any atom is -0.468 e. The van der Waals surface area contributed by atoms with Gasteiger partial charge in [-0.25, -0.2) is 0 Å². The van der Waals surface area contributed by atoms with E-state index in [4.69, 9.17) is 4.42 Å². The van der Waals surface area contributed by atoms with Crippen molar-refractivity contribution in [3.8, 4) is 0 Å². The molecule has 1 heterocycles. The summed E-state index contributed by atoms with van der Waals surface area (Å²) in [6.07, 6.45) is 1.71. The zero-order valence-corrected chi connectivity index (χ0v) is 10.2. The number of nitrogens with zero attached hydrogens (tertiary/aromatic N) is 1. The molecule has 1 N–H and O–H groups in total. The second kappa shape index (κ2) is 5.33. The minimum absolute atomic E-state index is 0.288. The second-order valence-electron chi connectivity index (χ2n) is 5.08. The first kappa shape index (κ1) is 12.3. The van der Waals surface area contributed by atoms with Crippen LogP contribution in [-0.4, -0.2) is 32.1 Å². The summed E-state index contributed by atoms with van der Waals surface area (Å²) in [5, 5.41) is 3.41. The molecule has 1 rings (SSSR count). The van der Waals surface area contributed by atoms with Crippen LogP contribution in [-0.2, 0) is 6.54 Å². The van der Waals surface area contributed by atoms with Gasteiger partial charge in [0.25, 0.3) is 0 Å². The van der Waals surface area contributed by atoms with E-state index >= 15 is 0 Å². The highest BCUT2D eigenvalue weighted by atomic mass is 16.3. The maximum atomic E-state index is 5.26. The molecular weight excluding hydrogens is 188 g/mol.